The Labute approximate surface area is 189 Å². The molecule has 1 heterocycles. The molecule has 1 aromatic heterocycles. The highest BCUT2D eigenvalue weighted by molar-refractivity contribution is 7.92. The standard InChI is InChI=1S/C20H20ClN3O5S2/c1-11-5-6-13(19(25)23-20-22-12(2)10-30-20)7-18(11)31(26,27)24-15-8-14(21)16(28-3)9-17(15)29-4/h5-10,24H,1-4H3,(H,22,23,25). The van der Waals surface area contributed by atoms with Crippen LogP contribution < -0.4 is 19.5 Å². The smallest absolute Gasteiger partial charge is 0.262 e. The summed E-state index contributed by atoms with van der Waals surface area (Å²) in [5, 5.41) is 5.12. The lowest BCUT2D eigenvalue weighted by Crippen LogP contribution is -2.17. The Morgan fingerprint density at radius 1 is 1.10 bits per heavy atom. The molecule has 0 aliphatic rings. The summed E-state index contributed by atoms with van der Waals surface area (Å²) >= 11 is 7.42. The molecule has 0 fully saturated rings. The number of benzene rings is 2. The first-order chi connectivity index (χ1) is 14.6. The molecule has 3 aromatic rings. The van der Waals surface area contributed by atoms with E-state index in [0.717, 1.165) is 5.69 Å². The third-order valence-electron chi connectivity index (χ3n) is 4.30. The van der Waals surface area contributed by atoms with Gasteiger partial charge in [-0.3, -0.25) is 14.8 Å². The number of aromatic nitrogens is 1. The zero-order chi connectivity index (χ0) is 22.8. The molecular weight excluding hydrogens is 462 g/mol. The number of nitrogens with zero attached hydrogens (tertiary/aromatic N) is 1. The Kier molecular flexibility index (Phi) is 6.73. The Balaban J connectivity index is 1.93. The number of thiazole rings is 1. The van der Waals surface area contributed by atoms with Crippen molar-refractivity contribution in [2.24, 2.45) is 0 Å². The van der Waals surface area contributed by atoms with Crippen LogP contribution in [0.3, 0.4) is 0 Å². The topological polar surface area (TPSA) is 107 Å². The van der Waals surface area contributed by atoms with Gasteiger partial charge in [0.2, 0.25) is 0 Å². The van der Waals surface area contributed by atoms with Crippen LogP contribution in [0.25, 0.3) is 0 Å². The first-order valence-corrected chi connectivity index (χ1v) is 11.7. The van der Waals surface area contributed by atoms with Crippen molar-refractivity contribution in [1.29, 1.82) is 0 Å². The zero-order valence-corrected chi connectivity index (χ0v) is 19.5. The van der Waals surface area contributed by atoms with E-state index in [1.54, 1.807) is 24.4 Å². The van der Waals surface area contributed by atoms with Crippen LogP contribution in [0.15, 0.2) is 40.6 Å². The van der Waals surface area contributed by atoms with Crippen LogP contribution in [-0.2, 0) is 10.0 Å². The molecule has 0 aliphatic carbocycles. The minimum Gasteiger partial charge on any atom is -0.495 e. The monoisotopic (exact) mass is 481 g/mol. The maximum Gasteiger partial charge on any atom is 0.262 e. The fourth-order valence-corrected chi connectivity index (χ4v) is 5.01. The van der Waals surface area contributed by atoms with Gasteiger partial charge in [0, 0.05) is 17.0 Å². The molecule has 2 N–H and O–H groups in total. The molecule has 3 rings (SSSR count). The van der Waals surface area contributed by atoms with Gasteiger partial charge in [-0.25, -0.2) is 13.4 Å². The average molecular weight is 482 g/mol. The number of halogens is 1. The number of rotatable bonds is 7. The number of nitrogens with one attached hydrogen (secondary N) is 2. The van der Waals surface area contributed by atoms with E-state index in [0.29, 0.717) is 16.4 Å². The second-order valence-corrected chi connectivity index (χ2v) is 9.44. The number of ether oxygens (including phenoxy) is 2. The molecule has 8 nitrogen and oxygen atoms in total. The molecule has 0 aliphatic heterocycles. The number of sulfonamides is 1. The molecule has 164 valence electrons. The summed E-state index contributed by atoms with van der Waals surface area (Å²) in [4.78, 5) is 16.7. The largest absolute Gasteiger partial charge is 0.495 e. The lowest BCUT2D eigenvalue weighted by atomic mass is 10.1. The number of aryl methyl sites for hydroxylation is 2. The van der Waals surface area contributed by atoms with Gasteiger partial charge in [-0.1, -0.05) is 17.7 Å². The van der Waals surface area contributed by atoms with Crippen LogP contribution >= 0.6 is 22.9 Å². The van der Waals surface area contributed by atoms with Crippen LogP contribution in [0.1, 0.15) is 21.6 Å². The van der Waals surface area contributed by atoms with Gasteiger partial charge in [-0.15, -0.1) is 11.3 Å². The first-order valence-electron chi connectivity index (χ1n) is 8.93. The maximum atomic E-state index is 13.1. The predicted octanol–water partition coefficient (Wildman–Crippen LogP) is 4.48. The lowest BCUT2D eigenvalue weighted by molar-refractivity contribution is 0.102. The second kappa shape index (κ2) is 9.13. The summed E-state index contributed by atoms with van der Waals surface area (Å²) in [6, 6.07) is 7.30. The van der Waals surface area contributed by atoms with E-state index in [2.05, 4.69) is 15.0 Å². The summed E-state index contributed by atoms with van der Waals surface area (Å²) in [5.41, 5.74) is 1.57. The van der Waals surface area contributed by atoms with E-state index in [1.165, 1.54) is 43.8 Å². The molecule has 0 atom stereocenters. The average Bonchev–Trinajstić information content (AvgIpc) is 3.12. The van der Waals surface area contributed by atoms with Gasteiger partial charge in [0.15, 0.2) is 5.13 Å². The molecule has 0 spiro atoms. The van der Waals surface area contributed by atoms with Crippen molar-refractivity contribution in [2.75, 3.05) is 24.3 Å². The summed E-state index contributed by atoms with van der Waals surface area (Å²) in [6.45, 7) is 3.45. The van der Waals surface area contributed by atoms with Gasteiger partial charge >= 0.3 is 0 Å². The first kappa shape index (κ1) is 22.9. The van der Waals surface area contributed by atoms with Crippen molar-refractivity contribution in [2.45, 2.75) is 18.7 Å². The molecular formula is C20H20ClN3O5S2. The number of methoxy groups -OCH3 is 2. The molecule has 0 unspecified atom stereocenters. The second-order valence-electron chi connectivity index (χ2n) is 6.52. The third kappa shape index (κ3) is 5.09. The summed E-state index contributed by atoms with van der Waals surface area (Å²) < 4.78 is 39.1. The number of hydrogen-bond donors (Lipinski definition) is 2. The quantitative estimate of drug-likeness (QED) is 0.515. The van der Waals surface area contributed by atoms with Gasteiger partial charge in [-0.05, 0) is 37.6 Å². The molecule has 11 heteroatoms. The van der Waals surface area contributed by atoms with Crippen molar-refractivity contribution >= 4 is 49.7 Å². The zero-order valence-electron chi connectivity index (χ0n) is 17.1. The normalized spacial score (nSPS) is 11.1. The summed E-state index contributed by atoms with van der Waals surface area (Å²) in [5.74, 6) is 0.111. The highest BCUT2D eigenvalue weighted by atomic mass is 35.5. The number of hydrogen-bond acceptors (Lipinski definition) is 7. The van der Waals surface area contributed by atoms with Gasteiger partial charge < -0.3 is 9.47 Å². The van der Waals surface area contributed by atoms with Crippen molar-refractivity contribution in [1.82, 2.24) is 4.98 Å². The Bertz CT molecular complexity index is 1240. The minimum absolute atomic E-state index is 0.0514. The molecule has 0 bridgehead atoms. The van der Waals surface area contributed by atoms with Crippen molar-refractivity contribution in [3.8, 4) is 11.5 Å². The maximum absolute atomic E-state index is 13.1. The Morgan fingerprint density at radius 2 is 1.81 bits per heavy atom. The van der Waals surface area contributed by atoms with Crippen molar-refractivity contribution < 1.29 is 22.7 Å². The number of anilines is 2. The van der Waals surface area contributed by atoms with Crippen LogP contribution in [0, 0.1) is 13.8 Å². The van der Waals surface area contributed by atoms with E-state index in [1.807, 2.05) is 6.92 Å². The number of carbonyl (C=O) groups is 1. The van der Waals surface area contributed by atoms with Gasteiger partial charge in [0.25, 0.3) is 15.9 Å². The molecule has 0 saturated carbocycles. The van der Waals surface area contributed by atoms with Crippen LogP contribution in [0.2, 0.25) is 5.02 Å². The van der Waals surface area contributed by atoms with Gasteiger partial charge in [-0.2, -0.15) is 0 Å². The van der Waals surface area contributed by atoms with Gasteiger partial charge in [0.1, 0.15) is 11.5 Å². The highest BCUT2D eigenvalue weighted by Crippen LogP contribution is 2.37. The molecule has 2 aromatic carbocycles. The predicted molar refractivity (Wildman–Crippen MR) is 121 cm³/mol. The Morgan fingerprint density at radius 3 is 2.42 bits per heavy atom. The minimum atomic E-state index is -4.06. The van der Waals surface area contributed by atoms with Crippen molar-refractivity contribution in [3.63, 3.8) is 0 Å². The van der Waals surface area contributed by atoms with Crippen LogP contribution in [-0.4, -0.2) is 33.5 Å². The van der Waals surface area contributed by atoms with E-state index in [9.17, 15) is 13.2 Å². The lowest BCUT2D eigenvalue weighted by Gasteiger charge is -2.15. The van der Waals surface area contributed by atoms with E-state index < -0.39 is 15.9 Å². The molecule has 0 saturated heterocycles. The molecule has 0 radical (unpaired) electrons. The third-order valence-corrected chi connectivity index (χ3v) is 6.98. The van der Waals surface area contributed by atoms with Crippen molar-refractivity contribution in [3.05, 3.63) is 57.6 Å². The van der Waals surface area contributed by atoms with Crippen LogP contribution in [0.5, 0.6) is 11.5 Å². The SMILES string of the molecule is COc1cc(OC)c(NS(=O)(=O)c2cc(C(=O)Nc3nc(C)cs3)ccc2C)cc1Cl. The summed E-state index contributed by atoms with van der Waals surface area (Å²) in [7, 11) is -1.22. The van der Waals surface area contributed by atoms with E-state index in [-0.39, 0.29) is 26.9 Å². The Hall–Kier alpha value is -2.82. The van der Waals surface area contributed by atoms with Crippen LogP contribution in [0.4, 0.5) is 10.8 Å². The fraction of sp³-hybridized carbons (Fsp3) is 0.200. The molecule has 1 amide bonds. The number of amides is 1. The van der Waals surface area contributed by atoms with E-state index in [4.69, 9.17) is 21.1 Å². The number of carbonyl (C=O) groups excluding carboxylic acids is 1. The highest BCUT2D eigenvalue weighted by Gasteiger charge is 2.22. The summed E-state index contributed by atoms with van der Waals surface area (Å²) in [6.07, 6.45) is 0. The molecule has 31 heavy (non-hydrogen) atoms. The fourth-order valence-electron chi connectivity index (χ4n) is 2.75. The van der Waals surface area contributed by atoms with Gasteiger partial charge in [0.05, 0.1) is 35.5 Å². The van der Waals surface area contributed by atoms with E-state index >= 15 is 0 Å².